The molecule has 2 aliphatic rings. The molecule has 3 aromatic rings. The van der Waals surface area contributed by atoms with Crippen molar-refractivity contribution in [2.45, 2.75) is 6.04 Å². The van der Waals surface area contributed by atoms with Crippen molar-refractivity contribution < 1.29 is 14.0 Å². The Bertz CT molecular complexity index is 1070. The second-order valence-electron chi connectivity index (χ2n) is 7.74. The third-order valence-electron chi connectivity index (χ3n) is 5.87. The Morgan fingerprint density at radius 2 is 1.68 bits per heavy atom. The molecule has 2 saturated heterocycles. The molecule has 2 amide bonds. The minimum Gasteiger partial charge on any atom is -0.335 e. The molecule has 0 N–H and O–H groups in total. The van der Waals surface area contributed by atoms with Crippen molar-refractivity contribution in [2.75, 3.05) is 39.3 Å². The van der Waals surface area contributed by atoms with E-state index in [1.807, 2.05) is 26.6 Å². The molecule has 4 heterocycles. The highest BCUT2D eigenvalue weighted by Crippen LogP contribution is 2.28. The number of hydrogen-bond acceptors (Lipinski definition) is 6. The number of carbonyl (C=O) groups is 2. The summed E-state index contributed by atoms with van der Waals surface area (Å²) in [5, 5.41) is 4.31. The van der Waals surface area contributed by atoms with Crippen LogP contribution in [0, 0.1) is 5.82 Å². The second kappa shape index (κ2) is 8.49. The quantitative estimate of drug-likeness (QED) is 0.605. The van der Waals surface area contributed by atoms with Gasteiger partial charge in [-0.2, -0.15) is 0 Å². The van der Waals surface area contributed by atoms with Crippen molar-refractivity contribution in [1.29, 1.82) is 0 Å². The maximum absolute atomic E-state index is 13.1. The number of rotatable bonds is 4. The fourth-order valence-corrected chi connectivity index (χ4v) is 5.49. The van der Waals surface area contributed by atoms with Crippen molar-refractivity contribution in [3.05, 3.63) is 63.0 Å². The molecule has 160 valence electrons. The first-order chi connectivity index (χ1) is 15.1. The minimum absolute atomic E-state index is 0.00900. The Labute approximate surface area is 187 Å². The first-order valence-electron chi connectivity index (χ1n) is 10.1. The first-order valence-corrected chi connectivity index (χ1v) is 11.9. The Morgan fingerprint density at radius 3 is 2.35 bits per heavy atom. The van der Waals surface area contributed by atoms with Crippen molar-refractivity contribution in [1.82, 2.24) is 19.7 Å². The molecule has 2 aliphatic heterocycles. The largest absolute Gasteiger partial charge is 0.335 e. The van der Waals surface area contributed by atoms with E-state index >= 15 is 0 Å². The van der Waals surface area contributed by atoms with Gasteiger partial charge < -0.3 is 9.80 Å². The fraction of sp³-hybridized carbons (Fsp3) is 0.318. The lowest BCUT2D eigenvalue weighted by molar-refractivity contribution is 0.00879. The SMILES string of the molecule is O=C(c1cc(-c2ccc(F)cc2)cs1)N1CC(N2CCN(C(=O)c3nccs3)CC2)C1. The summed E-state index contributed by atoms with van der Waals surface area (Å²) in [6.45, 7) is 4.44. The number of thiophene rings is 1. The summed E-state index contributed by atoms with van der Waals surface area (Å²) >= 11 is 2.80. The van der Waals surface area contributed by atoms with Gasteiger partial charge in [0.1, 0.15) is 5.82 Å². The van der Waals surface area contributed by atoms with Crippen LogP contribution in [0.3, 0.4) is 0 Å². The molecule has 0 bridgehead atoms. The second-order valence-corrected chi connectivity index (χ2v) is 9.54. The number of likely N-dealkylation sites (tertiary alicyclic amines) is 1. The highest BCUT2D eigenvalue weighted by Gasteiger charge is 2.37. The Kier molecular flexibility index (Phi) is 5.56. The van der Waals surface area contributed by atoms with Crippen molar-refractivity contribution in [3.8, 4) is 11.1 Å². The maximum atomic E-state index is 13.1. The van der Waals surface area contributed by atoms with E-state index in [9.17, 15) is 14.0 Å². The van der Waals surface area contributed by atoms with Crippen LogP contribution in [0.4, 0.5) is 4.39 Å². The van der Waals surface area contributed by atoms with Gasteiger partial charge in [0.25, 0.3) is 11.8 Å². The summed E-state index contributed by atoms with van der Waals surface area (Å²) < 4.78 is 13.1. The summed E-state index contributed by atoms with van der Waals surface area (Å²) in [4.78, 5) is 36.2. The third-order valence-corrected chi connectivity index (χ3v) is 7.55. The monoisotopic (exact) mass is 456 g/mol. The van der Waals surface area contributed by atoms with Crippen LogP contribution < -0.4 is 0 Å². The summed E-state index contributed by atoms with van der Waals surface area (Å²) in [6, 6.07) is 8.54. The molecule has 2 aromatic heterocycles. The highest BCUT2D eigenvalue weighted by atomic mass is 32.1. The number of nitrogens with zero attached hydrogens (tertiary/aromatic N) is 4. The van der Waals surface area contributed by atoms with Crippen molar-refractivity contribution >= 4 is 34.5 Å². The van der Waals surface area contributed by atoms with Crippen molar-refractivity contribution in [3.63, 3.8) is 0 Å². The van der Waals surface area contributed by atoms with Gasteiger partial charge in [0, 0.05) is 56.9 Å². The smallest absolute Gasteiger partial charge is 0.282 e. The van der Waals surface area contributed by atoms with E-state index in [1.54, 1.807) is 18.3 Å². The number of carbonyl (C=O) groups excluding carboxylic acids is 2. The molecule has 0 unspecified atom stereocenters. The minimum atomic E-state index is -0.268. The van der Waals surface area contributed by atoms with Crippen LogP contribution in [0.25, 0.3) is 11.1 Å². The number of hydrogen-bond donors (Lipinski definition) is 0. The molecular weight excluding hydrogens is 435 g/mol. The number of aromatic nitrogens is 1. The Balaban J connectivity index is 1.12. The molecule has 9 heteroatoms. The summed E-state index contributed by atoms with van der Waals surface area (Å²) in [5.41, 5.74) is 1.84. The number of piperazine rings is 1. The van der Waals surface area contributed by atoms with Crippen LogP contribution in [-0.2, 0) is 0 Å². The van der Waals surface area contributed by atoms with Crippen LogP contribution in [-0.4, -0.2) is 76.8 Å². The molecule has 0 atom stereocenters. The van der Waals surface area contributed by atoms with E-state index in [1.165, 1.54) is 34.8 Å². The third kappa shape index (κ3) is 4.13. The predicted molar refractivity (Wildman–Crippen MR) is 119 cm³/mol. The summed E-state index contributed by atoms with van der Waals surface area (Å²) in [7, 11) is 0. The predicted octanol–water partition coefficient (Wildman–Crippen LogP) is 3.29. The van der Waals surface area contributed by atoms with E-state index in [0.29, 0.717) is 42.1 Å². The molecule has 0 spiro atoms. The van der Waals surface area contributed by atoms with Gasteiger partial charge in [0.05, 0.1) is 4.88 Å². The van der Waals surface area contributed by atoms with Crippen LogP contribution in [0.2, 0.25) is 0 Å². The maximum Gasteiger partial charge on any atom is 0.282 e. The van der Waals surface area contributed by atoms with Gasteiger partial charge in [-0.25, -0.2) is 9.37 Å². The van der Waals surface area contributed by atoms with Gasteiger partial charge in [-0.1, -0.05) is 12.1 Å². The lowest BCUT2D eigenvalue weighted by Gasteiger charge is -2.47. The molecule has 2 fully saturated rings. The van der Waals surface area contributed by atoms with Crippen LogP contribution >= 0.6 is 22.7 Å². The molecule has 0 saturated carbocycles. The molecule has 1 aromatic carbocycles. The molecule has 0 radical (unpaired) electrons. The zero-order valence-electron chi connectivity index (χ0n) is 16.7. The van der Waals surface area contributed by atoms with E-state index < -0.39 is 0 Å². The van der Waals surface area contributed by atoms with Gasteiger partial charge in [-0.15, -0.1) is 22.7 Å². The normalized spacial score (nSPS) is 17.6. The van der Waals surface area contributed by atoms with E-state index in [4.69, 9.17) is 0 Å². The van der Waals surface area contributed by atoms with Gasteiger partial charge in [-0.3, -0.25) is 14.5 Å². The van der Waals surface area contributed by atoms with E-state index in [2.05, 4.69) is 9.88 Å². The summed E-state index contributed by atoms with van der Waals surface area (Å²) in [5.74, 6) is -0.211. The molecule has 5 rings (SSSR count). The topological polar surface area (TPSA) is 56.8 Å². The number of halogens is 1. The van der Waals surface area contributed by atoms with Crippen molar-refractivity contribution in [2.24, 2.45) is 0 Å². The Hall–Kier alpha value is -2.62. The van der Waals surface area contributed by atoms with Gasteiger partial charge >= 0.3 is 0 Å². The van der Waals surface area contributed by atoms with Crippen LogP contribution in [0.1, 0.15) is 19.5 Å². The molecule has 0 aliphatic carbocycles. The molecule has 31 heavy (non-hydrogen) atoms. The molecular formula is C22H21FN4O2S2. The van der Waals surface area contributed by atoms with E-state index in [-0.39, 0.29) is 17.6 Å². The van der Waals surface area contributed by atoms with Gasteiger partial charge in [0.15, 0.2) is 5.01 Å². The average Bonchev–Trinajstić information content (AvgIpc) is 3.46. The van der Waals surface area contributed by atoms with E-state index in [0.717, 1.165) is 24.2 Å². The summed E-state index contributed by atoms with van der Waals surface area (Å²) in [6.07, 6.45) is 1.66. The lowest BCUT2D eigenvalue weighted by Crippen LogP contribution is -2.64. The average molecular weight is 457 g/mol. The Morgan fingerprint density at radius 1 is 0.935 bits per heavy atom. The number of amides is 2. The van der Waals surface area contributed by atoms with Crippen LogP contribution in [0.15, 0.2) is 47.3 Å². The zero-order chi connectivity index (χ0) is 21.4. The van der Waals surface area contributed by atoms with Gasteiger partial charge in [-0.05, 0) is 34.7 Å². The highest BCUT2D eigenvalue weighted by molar-refractivity contribution is 7.12. The number of benzene rings is 1. The number of thiazole rings is 1. The molecule has 6 nitrogen and oxygen atoms in total. The van der Waals surface area contributed by atoms with Gasteiger partial charge in [0.2, 0.25) is 0 Å². The first kappa shape index (κ1) is 20.3. The lowest BCUT2D eigenvalue weighted by atomic mass is 10.0. The van der Waals surface area contributed by atoms with Crippen LogP contribution in [0.5, 0.6) is 0 Å². The zero-order valence-corrected chi connectivity index (χ0v) is 18.4. The fourth-order valence-electron chi connectivity index (χ4n) is 4.00. The standard InChI is InChI=1S/C22H21FN4O2S2/c23-17-3-1-15(2-4-17)16-11-19(31-14-16)21(28)27-12-18(13-27)25-6-8-26(9-7-25)22(29)20-24-5-10-30-20/h1-5,10-11,14,18H,6-9,12-13H2.